The first-order valence-electron chi connectivity index (χ1n) is 24.7. The first kappa shape index (κ1) is 42.1. The summed E-state index contributed by atoms with van der Waals surface area (Å²) in [5.41, 5.74) is 14.8. The average molecular weight is 887 g/mol. The number of nitrogens with zero attached hydrogens (tertiary/aromatic N) is 2. The number of rotatable bonds is 10. The van der Waals surface area contributed by atoms with Gasteiger partial charge in [0, 0.05) is 44.4 Å². The van der Waals surface area contributed by atoms with Crippen molar-refractivity contribution in [1.82, 2.24) is 0 Å². The minimum Gasteiger partial charge on any atom is -0.483 e. The van der Waals surface area contributed by atoms with E-state index in [-0.39, 0.29) is 23.9 Å². The molecule has 0 bridgehead atoms. The number of furan rings is 1. The third kappa shape index (κ3) is 6.55. The van der Waals surface area contributed by atoms with Crippen LogP contribution >= 0.6 is 0 Å². The number of hydrogen-bond acceptors (Lipinski definition) is 4. The van der Waals surface area contributed by atoms with Gasteiger partial charge in [0.25, 0.3) is 0 Å². The van der Waals surface area contributed by atoms with Gasteiger partial charge in [-0.15, -0.1) is 0 Å². The Morgan fingerprint density at radius 2 is 0.941 bits per heavy atom. The molecule has 0 saturated carbocycles. The van der Waals surface area contributed by atoms with Crippen LogP contribution in [-0.2, 0) is 0 Å². The Labute approximate surface area is 400 Å². The molecule has 0 N–H and O–H groups in total. The fourth-order valence-corrected chi connectivity index (χ4v) is 11.3. The lowest BCUT2D eigenvalue weighted by molar-refractivity contribution is 0.269. The van der Waals surface area contributed by atoms with Crippen molar-refractivity contribution in [2.45, 2.75) is 91.1 Å². The number of anilines is 6. The minimum atomic E-state index is -0.0308. The summed E-state index contributed by atoms with van der Waals surface area (Å²) in [5.74, 6) is 2.46. The summed E-state index contributed by atoms with van der Waals surface area (Å²) in [6.45, 7) is 18.4. The number of fused-ring (bicyclic) bond motifs is 6. The fraction of sp³-hybridized carbons (Fsp3) is 0.219. The first-order valence-corrected chi connectivity index (χ1v) is 24.7. The van der Waals surface area contributed by atoms with Crippen LogP contribution in [0.15, 0.2) is 174 Å². The van der Waals surface area contributed by atoms with Crippen molar-refractivity contribution in [2.75, 3.05) is 9.80 Å². The second-order valence-corrected chi connectivity index (χ2v) is 20.3. The molecule has 2 aliphatic rings. The largest absolute Gasteiger partial charge is 0.483 e. The highest BCUT2D eigenvalue weighted by molar-refractivity contribution is 6.30. The Bertz CT molecular complexity index is 3620. The second kappa shape index (κ2) is 16.2. The van der Waals surface area contributed by atoms with Gasteiger partial charge in [-0.3, -0.25) is 0 Å². The Hall–Kier alpha value is -7.30. The van der Waals surface area contributed by atoms with Crippen LogP contribution in [0.3, 0.4) is 0 Å². The number of allylic oxidation sites excluding steroid dienone is 2. The molecule has 4 heteroatoms. The van der Waals surface area contributed by atoms with Crippen molar-refractivity contribution in [3.63, 3.8) is 0 Å². The molecule has 0 fully saturated rings. The predicted molar refractivity (Wildman–Crippen MR) is 289 cm³/mol. The number of ether oxygens (including phenoxy) is 1. The van der Waals surface area contributed by atoms with Gasteiger partial charge >= 0.3 is 0 Å². The van der Waals surface area contributed by atoms with Crippen LogP contribution in [-0.4, -0.2) is 6.10 Å². The number of para-hydroxylation sites is 3. The molecule has 12 rings (SSSR count). The van der Waals surface area contributed by atoms with E-state index in [4.69, 9.17) is 9.15 Å². The summed E-state index contributed by atoms with van der Waals surface area (Å²) in [6, 6.07) is 54.6. The van der Waals surface area contributed by atoms with Gasteiger partial charge in [-0.1, -0.05) is 165 Å². The van der Waals surface area contributed by atoms with Crippen molar-refractivity contribution in [2.24, 2.45) is 0 Å². The van der Waals surface area contributed by atoms with Crippen molar-refractivity contribution in [1.29, 1.82) is 0 Å². The Morgan fingerprint density at radius 3 is 1.53 bits per heavy atom. The highest BCUT2D eigenvalue weighted by Crippen LogP contribution is 2.55. The lowest BCUT2D eigenvalue weighted by Crippen LogP contribution is -2.16. The third-order valence-electron chi connectivity index (χ3n) is 14.9. The van der Waals surface area contributed by atoms with E-state index in [0.29, 0.717) is 11.8 Å². The topological polar surface area (TPSA) is 28.9 Å². The van der Waals surface area contributed by atoms with E-state index < -0.39 is 0 Å². The molecule has 4 nitrogen and oxygen atoms in total. The van der Waals surface area contributed by atoms with E-state index in [1.807, 2.05) is 0 Å². The van der Waals surface area contributed by atoms with E-state index >= 15 is 0 Å². The quantitative estimate of drug-likeness (QED) is 0.128. The molecule has 2 heterocycles. The predicted octanol–water partition coefficient (Wildman–Crippen LogP) is 18.9. The van der Waals surface area contributed by atoms with Crippen molar-refractivity contribution < 1.29 is 9.15 Å². The summed E-state index contributed by atoms with van der Waals surface area (Å²) in [5, 5.41) is 9.81. The molecule has 1 aliphatic carbocycles. The Balaban J connectivity index is 1.18. The molecular weight excluding hydrogens is 829 g/mol. The van der Waals surface area contributed by atoms with Crippen LogP contribution in [0.2, 0.25) is 0 Å². The van der Waals surface area contributed by atoms with E-state index in [1.54, 1.807) is 0 Å². The summed E-state index contributed by atoms with van der Waals surface area (Å²) >= 11 is 0. The van der Waals surface area contributed by atoms with Crippen LogP contribution in [0.25, 0.3) is 54.3 Å². The molecule has 0 amide bonds. The van der Waals surface area contributed by atoms with E-state index in [9.17, 15) is 0 Å². The molecular formula is C64H58N2O2. The van der Waals surface area contributed by atoms with Gasteiger partial charge in [-0.2, -0.15) is 0 Å². The van der Waals surface area contributed by atoms with Crippen LogP contribution < -0.4 is 14.5 Å². The van der Waals surface area contributed by atoms with E-state index in [1.165, 1.54) is 60.1 Å². The van der Waals surface area contributed by atoms with Crippen molar-refractivity contribution >= 4 is 88.4 Å². The van der Waals surface area contributed by atoms with Crippen LogP contribution in [0.1, 0.15) is 113 Å². The van der Waals surface area contributed by atoms with Gasteiger partial charge < -0.3 is 19.0 Å². The minimum absolute atomic E-state index is 0.0308. The van der Waals surface area contributed by atoms with Gasteiger partial charge in [0.15, 0.2) is 5.58 Å². The van der Waals surface area contributed by atoms with Gasteiger partial charge in [-0.25, -0.2) is 0 Å². The first-order chi connectivity index (χ1) is 33.0. The Kier molecular flexibility index (Phi) is 10.0. The molecule has 10 aromatic rings. The second-order valence-electron chi connectivity index (χ2n) is 20.3. The Morgan fingerprint density at radius 1 is 0.426 bits per heavy atom. The van der Waals surface area contributed by atoms with Crippen LogP contribution in [0, 0.1) is 0 Å². The van der Waals surface area contributed by atoms with Gasteiger partial charge in [0.05, 0.1) is 22.7 Å². The molecule has 336 valence electrons. The number of benzene rings is 9. The SMILES string of the molecule is CC(C)c1ccc(N(c2cccc3c2OC2C=CC=CC32)c2cc(C(C)C)c3ccc4c(N(c5ccc(C(C)C)cc5)c5cccc6c5oc5ccccc56)cc(C(C)C)c5ccc2c3c54)cc1. The third-order valence-corrected chi connectivity index (χ3v) is 14.9. The lowest BCUT2D eigenvalue weighted by Gasteiger charge is -2.32. The fourth-order valence-electron chi connectivity index (χ4n) is 11.3. The van der Waals surface area contributed by atoms with E-state index in [2.05, 4.69) is 235 Å². The zero-order valence-electron chi connectivity index (χ0n) is 40.3. The average Bonchev–Trinajstić information content (AvgIpc) is 3.93. The molecule has 9 aromatic carbocycles. The molecule has 0 radical (unpaired) electrons. The van der Waals surface area contributed by atoms with Crippen molar-refractivity contribution in [3.8, 4) is 5.75 Å². The molecule has 0 saturated heterocycles. The molecule has 0 spiro atoms. The van der Waals surface area contributed by atoms with Gasteiger partial charge in [0.1, 0.15) is 17.4 Å². The molecule has 2 atom stereocenters. The summed E-state index contributed by atoms with van der Waals surface area (Å²) in [4.78, 5) is 4.95. The van der Waals surface area contributed by atoms with E-state index in [0.717, 1.165) is 61.8 Å². The molecule has 68 heavy (non-hydrogen) atoms. The zero-order chi connectivity index (χ0) is 46.5. The van der Waals surface area contributed by atoms with Crippen LogP contribution in [0.4, 0.5) is 34.1 Å². The smallest absolute Gasteiger partial charge is 0.159 e. The monoisotopic (exact) mass is 886 g/mol. The highest BCUT2D eigenvalue weighted by Gasteiger charge is 2.36. The standard InChI is InChI=1S/C64H58N2O2/c1-37(2)41-23-27-43(28-24-41)65(55-19-13-17-49-45-15-9-11-21-59(45)67-63(49)55)57-35-53(39(5)6)47-32-34-52-58(36-54(40(7)8)48-31-33-51(57)61(47)62(48)52)66(44-29-25-42(26-30-44)38(3)4)56-20-14-18-50-46-16-10-12-22-60(46)68-64(50)56/h9-40,45,59H,1-8H3. The maximum atomic E-state index is 6.98. The maximum absolute atomic E-state index is 6.98. The van der Waals surface area contributed by atoms with Gasteiger partial charge in [0.2, 0.25) is 0 Å². The molecule has 1 aromatic heterocycles. The number of hydrogen-bond donors (Lipinski definition) is 0. The molecule has 2 unspecified atom stereocenters. The maximum Gasteiger partial charge on any atom is 0.159 e. The van der Waals surface area contributed by atoms with Crippen LogP contribution in [0.5, 0.6) is 5.75 Å². The normalized spacial score (nSPS) is 15.6. The zero-order valence-corrected chi connectivity index (χ0v) is 40.3. The molecule has 1 aliphatic heterocycles. The highest BCUT2D eigenvalue weighted by atomic mass is 16.5. The van der Waals surface area contributed by atoms with Crippen molar-refractivity contribution in [3.05, 3.63) is 198 Å². The van der Waals surface area contributed by atoms with Gasteiger partial charge in [-0.05, 0) is 128 Å². The summed E-state index contributed by atoms with van der Waals surface area (Å²) in [7, 11) is 0. The summed E-state index contributed by atoms with van der Waals surface area (Å²) in [6.07, 6.45) is 8.73. The lowest BCUT2D eigenvalue weighted by atomic mass is 9.84. The summed E-state index contributed by atoms with van der Waals surface area (Å²) < 4.78 is 13.8.